The van der Waals surface area contributed by atoms with Crippen LogP contribution in [0.4, 0.5) is 5.82 Å². The molecule has 6 nitrogen and oxygen atoms in total. The Bertz CT molecular complexity index is 1210. The van der Waals surface area contributed by atoms with Gasteiger partial charge in [-0.2, -0.15) is 0 Å². The van der Waals surface area contributed by atoms with Crippen LogP contribution in [0, 0.1) is 17.8 Å². The summed E-state index contributed by atoms with van der Waals surface area (Å²) in [6.07, 6.45) is 20.1. The van der Waals surface area contributed by atoms with Crippen LogP contribution in [0.5, 0.6) is 0 Å². The molecule has 0 saturated heterocycles. The van der Waals surface area contributed by atoms with Crippen LogP contribution in [0.25, 0.3) is 0 Å². The van der Waals surface area contributed by atoms with Crippen LogP contribution >= 0.6 is 0 Å². The molecule has 0 aliphatic heterocycles. The summed E-state index contributed by atoms with van der Waals surface area (Å²) in [5.74, 6) is 6.72. The number of nitrogens with zero attached hydrogens (tertiary/aromatic N) is 3. The lowest BCUT2D eigenvalue weighted by Crippen LogP contribution is -2.25. The highest BCUT2D eigenvalue weighted by molar-refractivity contribution is 6.06. The zero-order valence-corrected chi connectivity index (χ0v) is 22.1. The largest absolute Gasteiger partial charge is 0.319 e. The molecule has 0 bridgehead atoms. The maximum absolute atomic E-state index is 12.4. The van der Waals surface area contributed by atoms with Crippen molar-refractivity contribution < 1.29 is 4.79 Å². The fourth-order valence-corrected chi connectivity index (χ4v) is 4.35. The van der Waals surface area contributed by atoms with Crippen molar-refractivity contribution in [1.29, 1.82) is 0 Å². The highest BCUT2D eigenvalue weighted by Crippen LogP contribution is 2.40. The van der Waals surface area contributed by atoms with E-state index in [2.05, 4.69) is 63.1 Å². The summed E-state index contributed by atoms with van der Waals surface area (Å²) in [5.41, 5.74) is 5.45. The van der Waals surface area contributed by atoms with Gasteiger partial charge in [0.1, 0.15) is 12.2 Å². The lowest BCUT2D eigenvalue weighted by atomic mass is 9.83. The molecule has 6 heteroatoms. The van der Waals surface area contributed by atoms with E-state index in [1.807, 2.05) is 38.3 Å². The summed E-state index contributed by atoms with van der Waals surface area (Å²) in [6, 6.07) is 3.95. The van der Waals surface area contributed by atoms with Gasteiger partial charge in [0.25, 0.3) is 0 Å². The molecule has 1 fully saturated rings. The maximum atomic E-state index is 12.4. The molecular formula is C31H37N5O. The molecule has 1 atom stereocenters. The SMILES string of the molecule is C=C/N=C\N=C1/CC=C(C(/C=C\C)=C/C#CC(=O)Nc2cc(C3CC3)ccn2)C=C1C(CCC)CNC. The van der Waals surface area contributed by atoms with E-state index >= 15 is 0 Å². The molecule has 0 radical (unpaired) electrons. The third-order valence-corrected chi connectivity index (χ3v) is 6.24. The number of hydrogen-bond acceptors (Lipinski definition) is 4. The van der Waals surface area contributed by atoms with Gasteiger partial charge >= 0.3 is 5.91 Å². The topological polar surface area (TPSA) is 78.7 Å². The number of aromatic nitrogens is 1. The van der Waals surface area contributed by atoms with Crippen LogP contribution in [0.1, 0.15) is 57.4 Å². The second-order valence-electron chi connectivity index (χ2n) is 9.10. The minimum Gasteiger partial charge on any atom is -0.319 e. The average Bonchev–Trinajstić information content (AvgIpc) is 3.74. The Morgan fingerprint density at radius 2 is 2.22 bits per heavy atom. The molecule has 2 N–H and O–H groups in total. The van der Waals surface area contributed by atoms with E-state index in [-0.39, 0.29) is 5.91 Å². The van der Waals surface area contributed by atoms with Gasteiger partial charge in [-0.25, -0.2) is 15.0 Å². The maximum Gasteiger partial charge on any atom is 0.301 e. The van der Waals surface area contributed by atoms with Gasteiger partial charge < -0.3 is 5.32 Å². The van der Waals surface area contributed by atoms with Gasteiger partial charge in [0.2, 0.25) is 0 Å². The summed E-state index contributed by atoms with van der Waals surface area (Å²) >= 11 is 0. The van der Waals surface area contributed by atoms with Crippen molar-refractivity contribution in [3.05, 3.63) is 83.8 Å². The molecule has 0 aromatic carbocycles. The minimum atomic E-state index is -0.377. The molecule has 1 amide bonds. The van der Waals surface area contributed by atoms with Crippen LogP contribution in [-0.4, -0.2) is 36.5 Å². The Balaban J connectivity index is 1.82. The molecule has 1 saturated carbocycles. The van der Waals surface area contributed by atoms with E-state index in [9.17, 15) is 4.79 Å². The van der Waals surface area contributed by atoms with E-state index in [1.54, 1.807) is 18.6 Å². The zero-order valence-electron chi connectivity index (χ0n) is 22.1. The summed E-state index contributed by atoms with van der Waals surface area (Å²) < 4.78 is 0. The molecule has 1 aromatic rings. The van der Waals surface area contributed by atoms with Crippen molar-refractivity contribution in [2.75, 3.05) is 18.9 Å². The first-order valence-electron chi connectivity index (χ1n) is 13.0. The van der Waals surface area contributed by atoms with Gasteiger partial charge in [0.15, 0.2) is 0 Å². The molecule has 2 aliphatic carbocycles. The van der Waals surface area contributed by atoms with Crippen LogP contribution in [0.2, 0.25) is 0 Å². The van der Waals surface area contributed by atoms with E-state index < -0.39 is 0 Å². The summed E-state index contributed by atoms with van der Waals surface area (Å²) in [4.78, 5) is 25.3. The first kappa shape index (κ1) is 27.8. The number of allylic oxidation sites excluding steroid dienone is 7. The number of amides is 1. The number of nitrogens with one attached hydrogen (secondary N) is 2. The Morgan fingerprint density at radius 1 is 1.38 bits per heavy atom. The van der Waals surface area contributed by atoms with Crippen molar-refractivity contribution in [1.82, 2.24) is 10.3 Å². The van der Waals surface area contributed by atoms with Crippen LogP contribution < -0.4 is 10.6 Å². The Kier molecular flexibility index (Phi) is 11.0. The van der Waals surface area contributed by atoms with E-state index in [0.717, 1.165) is 36.2 Å². The van der Waals surface area contributed by atoms with Crippen LogP contribution in [-0.2, 0) is 4.79 Å². The predicted molar refractivity (Wildman–Crippen MR) is 155 cm³/mol. The molecule has 2 aliphatic rings. The number of carbonyl (C=O) groups is 1. The second kappa shape index (κ2) is 14.7. The molecule has 37 heavy (non-hydrogen) atoms. The van der Waals surface area contributed by atoms with E-state index in [0.29, 0.717) is 24.1 Å². The monoisotopic (exact) mass is 495 g/mol. The third-order valence-electron chi connectivity index (χ3n) is 6.24. The lowest BCUT2D eigenvalue weighted by Gasteiger charge is -2.24. The summed E-state index contributed by atoms with van der Waals surface area (Å²) in [7, 11) is 1.97. The summed E-state index contributed by atoms with van der Waals surface area (Å²) in [6.45, 7) is 8.66. The Morgan fingerprint density at radius 3 is 2.92 bits per heavy atom. The van der Waals surface area contributed by atoms with Gasteiger partial charge in [0, 0.05) is 37.0 Å². The molecule has 0 spiro atoms. The molecule has 1 heterocycles. The molecular weight excluding hydrogens is 458 g/mol. The zero-order chi connectivity index (χ0) is 26.5. The van der Waals surface area contributed by atoms with Gasteiger partial charge in [-0.05, 0) is 91.6 Å². The van der Waals surface area contributed by atoms with E-state index in [4.69, 9.17) is 0 Å². The number of carbonyl (C=O) groups excluding carboxylic acids is 1. The highest BCUT2D eigenvalue weighted by atomic mass is 16.1. The normalized spacial score (nSPS) is 17.8. The van der Waals surface area contributed by atoms with Crippen molar-refractivity contribution in [2.24, 2.45) is 15.9 Å². The number of aliphatic imine (C=N–C) groups is 2. The van der Waals surface area contributed by atoms with Crippen LogP contribution in [0.3, 0.4) is 0 Å². The smallest absolute Gasteiger partial charge is 0.301 e. The fraction of sp³-hybridized carbons (Fsp3) is 0.355. The fourth-order valence-electron chi connectivity index (χ4n) is 4.35. The first-order chi connectivity index (χ1) is 18.1. The number of rotatable bonds is 11. The standard InChI is InChI=1S/C31H37N5O/c1-5-9-23(11-8-12-31(37)36-30-20-26(17-18-34-30)24-13-14-24)25-15-16-29(35-22-33-7-3)28(19-25)27(10-6-2)21-32-4/h5,7,9,11,15,17-20,22,24,27,32H,3,6,10,13-14,16,21H2,1-2,4H3,(H,34,36,37)/b9-5-,23-11+,33-22-,35-29+. The first-order valence-corrected chi connectivity index (χ1v) is 13.0. The average molecular weight is 496 g/mol. The number of anilines is 1. The second-order valence-corrected chi connectivity index (χ2v) is 9.10. The molecule has 1 aromatic heterocycles. The third kappa shape index (κ3) is 8.66. The number of pyridine rings is 1. The Labute approximate surface area is 221 Å². The predicted octanol–water partition coefficient (Wildman–Crippen LogP) is 5.91. The van der Waals surface area contributed by atoms with Gasteiger partial charge in [0.05, 0.1) is 0 Å². The molecule has 3 rings (SSSR count). The van der Waals surface area contributed by atoms with Gasteiger partial charge in [-0.15, -0.1) is 0 Å². The summed E-state index contributed by atoms with van der Waals surface area (Å²) in [5, 5.41) is 6.11. The molecule has 1 unspecified atom stereocenters. The van der Waals surface area contributed by atoms with Crippen molar-refractivity contribution in [3.63, 3.8) is 0 Å². The molecule has 192 valence electrons. The van der Waals surface area contributed by atoms with Crippen molar-refractivity contribution in [2.45, 2.75) is 51.9 Å². The quantitative estimate of drug-likeness (QED) is 0.173. The van der Waals surface area contributed by atoms with Gasteiger partial charge in [-0.3, -0.25) is 10.1 Å². The minimum absolute atomic E-state index is 0.331. The van der Waals surface area contributed by atoms with Crippen LogP contribution in [0.15, 0.2) is 88.2 Å². The van der Waals surface area contributed by atoms with E-state index in [1.165, 1.54) is 30.2 Å². The lowest BCUT2D eigenvalue weighted by molar-refractivity contribution is -0.111. The van der Waals surface area contributed by atoms with Gasteiger partial charge in [-0.1, -0.05) is 44.1 Å². The van der Waals surface area contributed by atoms with Crippen molar-refractivity contribution >= 4 is 23.8 Å². The number of hydrogen-bond donors (Lipinski definition) is 2. The Hall–Kier alpha value is -3.82. The van der Waals surface area contributed by atoms with Crippen molar-refractivity contribution in [3.8, 4) is 11.8 Å². The highest BCUT2D eigenvalue weighted by Gasteiger charge is 2.24.